The van der Waals surface area contributed by atoms with Gasteiger partial charge >= 0.3 is 0 Å². The van der Waals surface area contributed by atoms with E-state index in [1.54, 1.807) is 24.3 Å². The first-order valence-corrected chi connectivity index (χ1v) is 8.14. The van der Waals surface area contributed by atoms with Gasteiger partial charge in [-0.15, -0.1) is 0 Å². The SMILES string of the molecule is CC(C)(C)C(=O)Nc1ccc(NC(=O)c2cc(Br)ccc2F)cc1. The predicted octanol–water partition coefficient (Wildman–Crippen LogP) is 4.83. The van der Waals surface area contributed by atoms with E-state index in [1.165, 1.54) is 18.2 Å². The van der Waals surface area contributed by atoms with Crippen LogP contribution in [0.5, 0.6) is 0 Å². The van der Waals surface area contributed by atoms with E-state index in [1.807, 2.05) is 20.8 Å². The van der Waals surface area contributed by atoms with Crippen LogP contribution in [0.2, 0.25) is 0 Å². The molecule has 0 aliphatic rings. The topological polar surface area (TPSA) is 58.2 Å². The minimum absolute atomic E-state index is 0.0468. The van der Waals surface area contributed by atoms with Crippen LogP contribution >= 0.6 is 15.9 Å². The average molecular weight is 393 g/mol. The van der Waals surface area contributed by atoms with Gasteiger partial charge in [-0.3, -0.25) is 9.59 Å². The van der Waals surface area contributed by atoms with Gasteiger partial charge in [0.2, 0.25) is 5.91 Å². The molecule has 0 saturated carbocycles. The van der Waals surface area contributed by atoms with E-state index in [0.717, 1.165) is 0 Å². The fraction of sp³-hybridized carbons (Fsp3) is 0.222. The Morgan fingerprint density at radius 3 is 2.04 bits per heavy atom. The summed E-state index contributed by atoms with van der Waals surface area (Å²) < 4.78 is 14.3. The molecule has 24 heavy (non-hydrogen) atoms. The molecule has 2 amide bonds. The second-order valence-corrected chi connectivity index (χ2v) is 7.28. The van der Waals surface area contributed by atoms with Gasteiger partial charge in [-0.1, -0.05) is 36.7 Å². The van der Waals surface area contributed by atoms with Crippen molar-refractivity contribution in [3.05, 3.63) is 58.3 Å². The maximum absolute atomic E-state index is 13.7. The summed E-state index contributed by atoms with van der Waals surface area (Å²) in [6.45, 7) is 5.47. The maximum Gasteiger partial charge on any atom is 0.258 e. The van der Waals surface area contributed by atoms with Gasteiger partial charge in [0, 0.05) is 21.3 Å². The van der Waals surface area contributed by atoms with Crippen molar-refractivity contribution in [3.63, 3.8) is 0 Å². The number of amides is 2. The molecule has 0 aliphatic carbocycles. The lowest BCUT2D eigenvalue weighted by atomic mass is 9.95. The van der Waals surface area contributed by atoms with Crippen molar-refractivity contribution in [1.82, 2.24) is 0 Å². The van der Waals surface area contributed by atoms with Gasteiger partial charge in [0.1, 0.15) is 5.82 Å². The Labute approximate surface area is 148 Å². The molecule has 126 valence electrons. The largest absolute Gasteiger partial charge is 0.326 e. The van der Waals surface area contributed by atoms with E-state index < -0.39 is 17.1 Å². The summed E-state index contributed by atoms with van der Waals surface area (Å²) in [5, 5.41) is 5.42. The molecule has 4 nitrogen and oxygen atoms in total. The van der Waals surface area contributed by atoms with Crippen LogP contribution in [-0.4, -0.2) is 11.8 Å². The zero-order valence-electron chi connectivity index (χ0n) is 13.6. The first-order chi connectivity index (χ1) is 11.2. The van der Waals surface area contributed by atoms with Crippen molar-refractivity contribution in [2.45, 2.75) is 20.8 Å². The molecule has 0 fully saturated rings. The second kappa shape index (κ2) is 7.13. The Bertz CT molecular complexity index is 768. The first-order valence-electron chi connectivity index (χ1n) is 7.35. The number of anilines is 2. The van der Waals surface area contributed by atoms with Gasteiger partial charge < -0.3 is 10.6 Å². The third kappa shape index (κ3) is 4.64. The normalized spacial score (nSPS) is 11.0. The molecule has 0 atom stereocenters. The van der Waals surface area contributed by atoms with Gasteiger partial charge in [0.25, 0.3) is 5.91 Å². The Morgan fingerprint density at radius 2 is 1.50 bits per heavy atom. The van der Waals surface area contributed by atoms with Gasteiger partial charge in [-0.25, -0.2) is 4.39 Å². The lowest BCUT2D eigenvalue weighted by Gasteiger charge is -2.17. The number of halogens is 2. The number of hydrogen-bond acceptors (Lipinski definition) is 2. The van der Waals surface area contributed by atoms with Crippen molar-refractivity contribution in [2.24, 2.45) is 5.41 Å². The third-order valence-electron chi connectivity index (χ3n) is 3.25. The van der Waals surface area contributed by atoms with Crippen LogP contribution in [-0.2, 0) is 4.79 Å². The lowest BCUT2D eigenvalue weighted by molar-refractivity contribution is -0.123. The Hall–Kier alpha value is -2.21. The van der Waals surface area contributed by atoms with Crippen LogP contribution < -0.4 is 10.6 Å². The Kier molecular flexibility index (Phi) is 5.39. The zero-order chi connectivity index (χ0) is 17.9. The van der Waals surface area contributed by atoms with Crippen LogP contribution in [0.15, 0.2) is 46.9 Å². The lowest BCUT2D eigenvalue weighted by Crippen LogP contribution is -2.27. The van der Waals surface area contributed by atoms with Crippen molar-refractivity contribution in [1.29, 1.82) is 0 Å². The highest BCUT2D eigenvalue weighted by Crippen LogP contribution is 2.20. The molecule has 0 unspecified atom stereocenters. The molecule has 2 rings (SSSR count). The number of carbonyl (C=O) groups excluding carboxylic acids is 2. The predicted molar refractivity (Wildman–Crippen MR) is 96.6 cm³/mol. The summed E-state index contributed by atoms with van der Waals surface area (Å²) in [5.74, 6) is -1.24. The molecular formula is C18H18BrFN2O2. The highest BCUT2D eigenvalue weighted by atomic mass is 79.9. The quantitative estimate of drug-likeness (QED) is 0.785. The molecule has 0 spiro atoms. The van der Waals surface area contributed by atoms with Crippen LogP contribution in [0.25, 0.3) is 0 Å². The van der Waals surface area contributed by atoms with Crippen molar-refractivity contribution < 1.29 is 14.0 Å². The molecule has 0 radical (unpaired) electrons. The van der Waals surface area contributed by atoms with E-state index in [-0.39, 0.29) is 11.5 Å². The van der Waals surface area contributed by atoms with Crippen molar-refractivity contribution in [3.8, 4) is 0 Å². The van der Waals surface area contributed by atoms with Gasteiger partial charge in [-0.05, 0) is 42.5 Å². The Morgan fingerprint density at radius 1 is 0.958 bits per heavy atom. The van der Waals surface area contributed by atoms with Crippen molar-refractivity contribution >= 4 is 39.1 Å². The number of hydrogen-bond donors (Lipinski definition) is 2. The molecule has 0 aromatic heterocycles. The molecule has 2 aromatic rings. The number of nitrogens with one attached hydrogen (secondary N) is 2. The standard InChI is InChI=1S/C18H18BrFN2O2/c1-18(2,3)17(24)22-13-7-5-12(6-8-13)21-16(23)14-10-11(19)4-9-15(14)20/h4-10H,1-3H3,(H,21,23)(H,22,24). The summed E-state index contributed by atoms with van der Waals surface area (Å²) in [7, 11) is 0. The van der Waals surface area contributed by atoms with E-state index in [4.69, 9.17) is 0 Å². The molecular weight excluding hydrogens is 375 g/mol. The monoisotopic (exact) mass is 392 g/mol. The fourth-order valence-corrected chi connectivity index (χ4v) is 2.19. The van der Waals surface area contributed by atoms with Gasteiger partial charge in [-0.2, -0.15) is 0 Å². The summed E-state index contributed by atoms with van der Waals surface area (Å²) >= 11 is 3.21. The van der Waals surface area contributed by atoms with Crippen LogP contribution in [0.4, 0.5) is 15.8 Å². The summed E-state index contributed by atoms with van der Waals surface area (Å²) in [5.41, 5.74) is 0.592. The van der Waals surface area contributed by atoms with Gasteiger partial charge in [0.05, 0.1) is 5.56 Å². The molecule has 2 aromatic carbocycles. The highest BCUT2D eigenvalue weighted by molar-refractivity contribution is 9.10. The van der Waals surface area contributed by atoms with Gasteiger partial charge in [0.15, 0.2) is 0 Å². The number of rotatable bonds is 3. The van der Waals surface area contributed by atoms with Crippen LogP contribution in [0.3, 0.4) is 0 Å². The number of benzene rings is 2. The minimum Gasteiger partial charge on any atom is -0.326 e. The summed E-state index contributed by atoms with van der Waals surface area (Å²) in [6, 6.07) is 10.8. The molecule has 2 N–H and O–H groups in total. The maximum atomic E-state index is 13.7. The average Bonchev–Trinajstić information content (AvgIpc) is 2.50. The molecule has 0 saturated heterocycles. The van der Waals surface area contributed by atoms with E-state index >= 15 is 0 Å². The van der Waals surface area contributed by atoms with Crippen LogP contribution in [0.1, 0.15) is 31.1 Å². The molecule has 0 bridgehead atoms. The summed E-state index contributed by atoms with van der Waals surface area (Å²) in [4.78, 5) is 24.1. The summed E-state index contributed by atoms with van der Waals surface area (Å²) in [6.07, 6.45) is 0. The minimum atomic E-state index is -0.593. The molecule has 6 heteroatoms. The third-order valence-corrected chi connectivity index (χ3v) is 3.75. The van der Waals surface area contributed by atoms with Crippen LogP contribution in [0, 0.1) is 11.2 Å². The van der Waals surface area contributed by atoms with Crippen molar-refractivity contribution in [2.75, 3.05) is 10.6 Å². The highest BCUT2D eigenvalue weighted by Gasteiger charge is 2.21. The van der Waals surface area contributed by atoms with E-state index in [9.17, 15) is 14.0 Å². The zero-order valence-corrected chi connectivity index (χ0v) is 15.2. The Balaban J connectivity index is 2.07. The van der Waals surface area contributed by atoms with E-state index in [2.05, 4.69) is 26.6 Å². The van der Waals surface area contributed by atoms with E-state index in [0.29, 0.717) is 15.8 Å². The molecule has 0 aliphatic heterocycles. The fourth-order valence-electron chi connectivity index (χ4n) is 1.83. The number of carbonyl (C=O) groups is 2. The first kappa shape index (κ1) is 18.1. The molecule has 0 heterocycles. The smallest absolute Gasteiger partial charge is 0.258 e. The second-order valence-electron chi connectivity index (χ2n) is 6.36.